The van der Waals surface area contributed by atoms with Crippen LogP contribution in [0, 0.1) is 0 Å². The molecule has 108 valence electrons. The Hall–Kier alpha value is -2.12. The molecule has 0 aliphatic rings. The highest BCUT2D eigenvalue weighted by Gasteiger charge is 2.23. The average Bonchev–Trinajstić information content (AvgIpc) is 3.16. The molecule has 0 spiro atoms. The quantitative estimate of drug-likeness (QED) is 0.799. The van der Waals surface area contributed by atoms with Gasteiger partial charge in [0.05, 0.1) is 34.2 Å². The van der Waals surface area contributed by atoms with Crippen molar-refractivity contribution < 1.29 is 0 Å². The van der Waals surface area contributed by atoms with E-state index in [1.807, 2.05) is 30.3 Å². The van der Waals surface area contributed by atoms with E-state index < -0.39 is 0 Å². The summed E-state index contributed by atoms with van der Waals surface area (Å²) in [7, 11) is 0. The van der Waals surface area contributed by atoms with E-state index in [4.69, 9.17) is 5.73 Å². The van der Waals surface area contributed by atoms with Crippen LogP contribution in [0.2, 0.25) is 0 Å². The van der Waals surface area contributed by atoms with E-state index >= 15 is 0 Å². The van der Waals surface area contributed by atoms with Gasteiger partial charge in [-0.25, -0.2) is 4.68 Å². The van der Waals surface area contributed by atoms with Crippen LogP contribution >= 0.6 is 11.5 Å². The van der Waals surface area contributed by atoms with Crippen molar-refractivity contribution in [1.82, 2.24) is 24.6 Å². The van der Waals surface area contributed by atoms with Crippen molar-refractivity contribution in [3.63, 3.8) is 0 Å². The molecule has 0 bridgehead atoms. The van der Waals surface area contributed by atoms with Gasteiger partial charge in [0.15, 0.2) is 0 Å². The maximum absolute atomic E-state index is 6.41. The Labute approximate surface area is 126 Å². The molecule has 2 N–H and O–H groups in total. The Morgan fingerprint density at radius 3 is 2.67 bits per heavy atom. The number of para-hydroxylation sites is 1. The van der Waals surface area contributed by atoms with Crippen LogP contribution < -0.4 is 5.73 Å². The van der Waals surface area contributed by atoms with Crippen molar-refractivity contribution in [1.29, 1.82) is 0 Å². The summed E-state index contributed by atoms with van der Waals surface area (Å²) in [5.74, 6) is 0.283. The molecule has 0 radical (unpaired) electrons. The Morgan fingerprint density at radius 2 is 1.95 bits per heavy atom. The Bertz CT molecular complexity index is 718. The minimum absolute atomic E-state index is 0.283. The lowest BCUT2D eigenvalue weighted by atomic mass is 10.0. The standard InChI is InChI=1S/C14H16N6S/c1-9(2)13-14(21-19-17-13)12(15)11-8-16-18-20(11)10-6-4-3-5-7-10/h3-9,12H,15H2,1-2H3. The summed E-state index contributed by atoms with van der Waals surface area (Å²) >= 11 is 1.33. The molecule has 21 heavy (non-hydrogen) atoms. The summed E-state index contributed by atoms with van der Waals surface area (Å²) in [6.07, 6.45) is 1.70. The smallest absolute Gasteiger partial charge is 0.0873 e. The number of aromatic nitrogens is 5. The van der Waals surface area contributed by atoms with E-state index in [1.54, 1.807) is 10.9 Å². The van der Waals surface area contributed by atoms with Gasteiger partial charge in [-0.05, 0) is 29.6 Å². The van der Waals surface area contributed by atoms with Gasteiger partial charge in [-0.3, -0.25) is 0 Å². The number of nitrogens with two attached hydrogens (primary N) is 1. The highest BCUT2D eigenvalue weighted by atomic mass is 32.1. The molecule has 0 fully saturated rings. The third kappa shape index (κ3) is 2.57. The first-order valence-corrected chi connectivity index (χ1v) is 7.49. The lowest BCUT2D eigenvalue weighted by Gasteiger charge is -2.13. The zero-order chi connectivity index (χ0) is 14.8. The molecule has 0 saturated carbocycles. The normalized spacial score (nSPS) is 12.8. The fourth-order valence-electron chi connectivity index (χ4n) is 2.18. The zero-order valence-corrected chi connectivity index (χ0v) is 12.7. The van der Waals surface area contributed by atoms with Gasteiger partial charge in [-0.15, -0.1) is 10.2 Å². The summed E-state index contributed by atoms with van der Waals surface area (Å²) in [6, 6.07) is 9.49. The van der Waals surface area contributed by atoms with Crippen LogP contribution in [0.15, 0.2) is 36.5 Å². The monoisotopic (exact) mass is 300 g/mol. The van der Waals surface area contributed by atoms with E-state index in [9.17, 15) is 0 Å². The lowest BCUT2D eigenvalue weighted by molar-refractivity contribution is 0.708. The van der Waals surface area contributed by atoms with Gasteiger partial charge in [0.2, 0.25) is 0 Å². The number of hydrogen-bond donors (Lipinski definition) is 1. The Kier molecular flexibility index (Phi) is 3.76. The molecule has 3 rings (SSSR count). The molecule has 7 heteroatoms. The van der Waals surface area contributed by atoms with E-state index in [1.165, 1.54) is 11.5 Å². The first-order chi connectivity index (χ1) is 10.2. The third-order valence-corrected chi connectivity index (χ3v) is 4.09. The maximum atomic E-state index is 6.41. The zero-order valence-electron chi connectivity index (χ0n) is 11.8. The highest BCUT2D eigenvalue weighted by molar-refractivity contribution is 7.05. The van der Waals surface area contributed by atoms with Crippen LogP contribution in [0.5, 0.6) is 0 Å². The predicted molar refractivity (Wildman–Crippen MR) is 81.4 cm³/mol. The summed E-state index contributed by atoms with van der Waals surface area (Å²) < 4.78 is 5.80. The minimum atomic E-state index is -0.336. The van der Waals surface area contributed by atoms with Gasteiger partial charge in [0.1, 0.15) is 0 Å². The second-order valence-electron chi connectivity index (χ2n) is 5.06. The van der Waals surface area contributed by atoms with Crippen LogP contribution in [0.25, 0.3) is 5.69 Å². The number of benzene rings is 1. The van der Waals surface area contributed by atoms with E-state index in [-0.39, 0.29) is 12.0 Å². The molecule has 0 aliphatic heterocycles. The molecule has 3 aromatic rings. The van der Waals surface area contributed by atoms with Crippen LogP contribution in [-0.4, -0.2) is 24.6 Å². The Balaban J connectivity index is 2.02. The second-order valence-corrected chi connectivity index (χ2v) is 5.85. The summed E-state index contributed by atoms with van der Waals surface area (Å²) in [6.45, 7) is 4.17. The maximum Gasteiger partial charge on any atom is 0.0873 e. The first-order valence-electron chi connectivity index (χ1n) is 6.72. The van der Waals surface area contributed by atoms with Crippen LogP contribution in [0.4, 0.5) is 0 Å². The van der Waals surface area contributed by atoms with Gasteiger partial charge in [-0.2, -0.15) is 0 Å². The van der Waals surface area contributed by atoms with Gasteiger partial charge in [0, 0.05) is 0 Å². The van der Waals surface area contributed by atoms with Crippen LogP contribution in [0.3, 0.4) is 0 Å². The van der Waals surface area contributed by atoms with Crippen molar-refractivity contribution in [3.8, 4) is 5.69 Å². The SMILES string of the molecule is CC(C)c1nnsc1C(N)c1cnnn1-c1ccccc1. The first kappa shape index (κ1) is 13.8. The van der Waals surface area contributed by atoms with Crippen LogP contribution in [-0.2, 0) is 0 Å². The second kappa shape index (κ2) is 5.71. The minimum Gasteiger partial charge on any atom is -0.318 e. The summed E-state index contributed by atoms with van der Waals surface area (Å²) in [5, 5.41) is 12.3. The van der Waals surface area contributed by atoms with Crippen molar-refractivity contribution in [2.24, 2.45) is 5.73 Å². The molecule has 2 heterocycles. The predicted octanol–water partition coefficient (Wildman–Crippen LogP) is 2.29. The lowest BCUT2D eigenvalue weighted by Crippen LogP contribution is -2.17. The number of nitrogens with zero attached hydrogens (tertiary/aromatic N) is 5. The van der Waals surface area contributed by atoms with E-state index in [0.29, 0.717) is 0 Å². The molecule has 1 unspecified atom stereocenters. The van der Waals surface area contributed by atoms with Crippen molar-refractivity contribution in [2.45, 2.75) is 25.8 Å². The molecular weight excluding hydrogens is 284 g/mol. The van der Waals surface area contributed by atoms with E-state index in [0.717, 1.165) is 22.0 Å². The molecule has 0 saturated heterocycles. The van der Waals surface area contributed by atoms with Crippen molar-refractivity contribution >= 4 is 11.5 Å². The van der Waals surface area contributed by atoms with Gasteiger partial charge in [-0.1, -0.05) is 41.7 Å². The molecule has 6 nitrogen and oxygen atoms in total. The fraction of sp³-hybridized carbons (Fsp3) is 0.286. The molecule has 1 atom stereocenters. The van der Waals surface area contributed by atoms with Gasteiger partial charge in [0.25, 0.3) is 0 Å². The van der Waals surface area contributed by atoms with Gasteiger partial charge >= 0.3 is 0 Å². The number of rotatable bonds is 4. The molecular formula is C14H16N6S. The largest absolute Gasteiger partial charge is 0.318 e. The number of hydrogen-bond acceptors (Lipinski definition) is 6. The highest BCUT2D eigenvalue weighted by Crippen LogP contribution is 2.29. The topological polar surface area (TPSA) is 82.5 Å². The van der Waals surface area contributed by atoms with Crippen molar-refractivity contribution in [2.75, 3.05) is 0 Å². The molecule has 0 amide bonds. The molecule has 0 aliphatic carbocycles. The molecule has 2 aromatic heterocycles. The summed E-state index contributed by atoms with van der Waals surface area (Å²) in [5.41, 5.74) is 9.11. The average molecular weight is 300 g/mol. The fourth-order valence-corrected chi connectivity index (χ4v) is 3.00. The Morgan fingerprint density at radius 1 is 1.19 bits per heavy atom. The van der Waals surface area contributed by atoms with E-state index in [2.05, 4.69) is 33.7 Å². The third-order valence-electron chi connectivity index (χ3n) is 3.26. The van der Waals surface area contributed by atoms with Gasteiger partial charge < -0.3 is 5.73 Å². The molecule has 1 aromatic carbocycles. The summed E-state index contributed by atoms with van der Waals surface area (Å²) in [4.78, 5) is 0.962. The van der Waals surface area contributed by atoms with Crippen molar-refractivity contribution in [3.05, 3.63) is 52.8 Å². The van der Waals surface area contributed by atoms with Crippen LogP contribution in [0.1, 0.15) is 42.1 Å².